The van der Waals surface area contributed by atoms with Crippen LogP contribution in [0.3, 0.4) is 0 Å². The van der Waals surface area contributed by atoms with Crippen LogP contribution in [-0.2, 0) is 16.1 Å². The smallest absolute Gasteiger partial charge is 0.246 e. The first-order chi connectivity index (χ1) is 11.0. The van der Waals surface area contributed by atoms with Gasteiger partial charge in [0.1, 0.15) is 5.58 Å². The Morgan fingerprint density at radius 2 is 2.26 bits per heavy atom. The van der Waals surface area contributed by atoms with E-state index in [2.05, 4.69) is 20.4 Å². The number of hydrogen-bond donors (Lipinski definition) is 0. The molecule has 3 rings (SSSR count). The Bertz CT molecular complexity index is 731. The van der Waals surface area contributed by atoms with Crippen LogP contribution in [0.4, 0.5) is 0 Å². The first kappa shape index (κ1) is 15.8. The number of hydrogen-bond acceptors (Lipinski definition) is 3. The monoisotopic (exact) mass is 313 g/mol. The number of carbonyl (C=O) groups is 1. The van der Waals surface area contributed by atoms with Gasteiger partial charge in [-0.05, 0) is 24.0 Å². The lowest BCUT2D eigenvalue weighted by molar-refractivity contribution is -0.160. The Hall–Kier alpha value is -2.07. The van der Waals surface area contributed by atoms with E-state index >= 15 is 0 Å². The van der Waals surface area contributed by atoms with Crippen LogP contribution in [0, 0.1) is 5.41 Å². The molecule has 1 amide bonds. The van der Waals surface area contributed by atoms with Crippen LogP contribution in [0.25, 0.3) is 11.0 Å². The van der Waals surface area contributed by atoms with Gasteiger partial charge in [-0.15, -0.1) is 0 Å². The summed E-state index contributed by atoms with van der Waals surface area (Å²) < 4.78 is 11.2. The molecule has 0 saturated heterocycles. The number of para-hydroxylation sites is 1. The van der Waals surface area contributed by atoms with Crippen LogP contribution in [0.15, 0.2) is 47.6 Å². The van der Waals surface area contributed by atoms with Gasteiger partial charge in [0.25, 0.3) is 0 Å². The van der Waals surface area contributed by atoms with Crippen molar-refractivity contribution in [3.8, 4) is 0 Å². The minimum atomic E-state index is -0.0730. The number of rotatable bonds is 5. The average molecular weight is 313 g/mol. The molecule has 23 heavy (non-hydrogen) atoms. The summed E-state index contributed by atoms with van der Waals surface area (Å²) in [4.78, 5) is 14.3. The summed E-state index contributed by atoms with van der Waals surface area (Å²) in [5, 5.41) is 1.05. The van der Waals surface area contributed by atoms with Crippen molar-refractivity contribution in [2.24, 2.45) is 5.41 Å². The highest BCUT2D eigenvalue weighted by Crippen LogP contribution is 2.45. The number of nitrogens with zero attached hydrogens (tertiary/aromatic N) is 1. The molecule has 122 valence electrons. The largest absolute Gasteiger partial charge is 0.464 e. The molecule has 2 aromatic rings. The molecular formula is C19H23NO3. The third-order valence-electron chi connectivity index (χ3n) is 4.87. The summed E-state index contributed by atoms with van der Waals surface area (Å²) in [5.74, 6) is -0.0730. The van der Waals surface area contributed by atoms with Crippen molar-refractivity contribution in [1.29, 1.82) is 0 Å². The van der Waals surface area contributed by atoms with Crippen molar-refractivity contribution in [2.75, 3.05) is 7.11 Å². The maximum absolute atomic E-state index is 12.4. The van der Waals surface area contributed by atoms with Crippen molar-refractivity contribution in [3.63, 3.8) is 0 Å². The van der Waals surface area contributed by atoms with E-state index in [-0.39, 0.29) is 23.5 Å². The molecule has 2 unspecified atom stereocenters. The molecule has 2 atom stereocenters. The van der Waals surface area contributed by atoms with Gasteiger partial charge in [0.15, 0.2) is 0 Å². The van der Waals surface area contributed by atoms with Crippen LogP contribution in [-0.4, -0.2) is 30.1 Å². The SMILES string of the molecule is C=CC(=O)N(Cc1cccc2ccoc12)C1CC(C)(C)C1OC. The highest BCUT2D eigenvalue weighted by molar-refractivity contribution is 5.88. The highest BCUT2D eigenvalue weighted by atomic mass is 16.5. The topological polar surface area (TPSA) is 42.7 Å². The Balaban J connectivity index is 1.90. The molecule has 1 saturated carbocycles. The summed E-state index contributed by atoms with van der Waals surface area (Å²) in [6.45, 7) is 8.48. The summed E-state index contributed by atoms with van der Waals surface area (Å²) in [7, 11) is 1.71. The fourth-order valence-corrected chi connectivity index (χ4v) is 3.71. The van der Waals surface area contributed by atoms with E-state index in [9.17, 15) is 4.79 Å². The lowest BCUT2D eigenvalue weighted by Crippen LogP contribution is -2.62. The number of amides is 1. The van der Waals surface area contributed by atoms with E-state index in [1.807, 2.05) is 29.2 Å². The van der Waals surface area contributed by atoms with Crippen LogP contribution in [0.2, 0.25) is 0 Å². The molecular weight excluding hydrogens is 290 g/mol. The predicted molar refractivity (Wildman–Crippen MR) is 89.9 cm³/mol. The minimum absolute atomic E-state index is 0.0298. The summed E-state index contributed by atoms with van der Waals surface area (Å²) in [6.07, 6.45) is 4.00. The molecule has 1 aliphatic rings. The van der Waals surface area contributed by atoms with Gasteiger partial charge in [0.2, 0.25) is 5.91 Å². The van der Waals surface area contributed by atoms with Crippen molar-refractivity contribution in [3.05, 3.63) is 48.7 Å². The molecule has 1 aromatic carbocycles. The summed E-state index contributed by atoms with van der Waals surface area (Å²) in [5.41, 5.74) is 1.92. The van der Waals surface area contributed by atoms with E-state index in [0.717, 1.165) is 23.0 Å². The van der Waals surface area contributed by atoms with E-state index < -0.39 is 0 Å². The fraction of sp³-hybridized carbons (Fsp3) is 0.421. The number of benzene rings is 1. The molecule has 1 aromatic heterocycles. The van der Waals surface area contributed by atoms with Crippen LogP contribution in [0.5, 0.6) is 0 Å². The second-order valence-corrected chi connectivity index (χ2v) is 6.84. The first-order valence-electron chi connectivity index (χ1n) is 7.89. The molecule has 0 bridgehead atoms. The number of ether oxygens (including phenoxy) is 1. The minimum Gasteiger partial charge on any atom is -0.464 e. The molecule has 0 radical (unpaired) electrons. The Morgan fingerprint density at radius 3 is 2.91 bits per heavy atom. The van der Waals surface area contributed by atoms with Gasteiger partial charge in [-0.3, -0.25) is 4.79 Å². The zero-order chi connectivity index (χ0) is 16.6. The van der Waals surface area contributed by atoms with Crippen LogP contribution in [0.1, 0.15) is 25.8 Å². The van der Waals surface area contributed by atoms with Gasteiger partial charge in [-0.2, -0.15) is 0 Å². The standard InChI is InChI=1S/C19H23NO3/c1-5-16(21)20(15-11-19(2,3)18(15)22-4)12-14-8-6-7-13-9-10-23-17(13)14/h5-10,15,18H,1,11-12H2,2-4H3. The van der Waals surface area contributed by atoms with Crippen molar-refractivity contribution >= 4 is 16.9 Å². The van der Waals surface area contributed by atoms with Crippen molar-refractivity contribution in [1.82, 2.24) is 4.90 Å². The van der Waals surface area contributed by atoms with Gasteiger partial charge in [0, 0.05) is 18.1 Å². The fourth-order valence-electron chi connectivity index (χ4n) is 3.71. The lowest BCUT2D eigenvalue weighted by Gasteiger charge is -2.54. The number of furan rings is 1. The zero-order valence-corrected chi connectivity index (χ0v) is 13.9. The van der Waals surface area contributed by atoms with Crippen molar-refractivity contribution in [2.45, 2.75) is 39.0 Å². The maximum atomic E-state index is 12.4. The third kappa shape index (κ3) is 2.68. The number of fused-ring (bicyclic) bond motifs is 1. The molecule has 1 heterocycles. The molecule has 1 fully saturated rings. The Labute approximate surface area is 136 Å². The molecule has 4 nitrogen and oxygen atoms in total. The second kappa shape index (κ2) is 5.85. The second-order valence-electron chi connectivity index (χ2n) is 6.84. The van der Waals surface area contributed by atoms with E-state index in [1.54, 1.807) is 13.4 Å². The quantitative estimate of drug-likeness (QED) is 0.789. The van der Waals surface area contributed by atoms with Crippen molar-refractivity contribution < 1.29 is 13.9 Å². The Kier molecular flexibility index (Phi) is 4.02. The highest BCUT2D eigenvalue weighted by Gasteiger charge is 2.51. The van der Waals surface area contributed by atoms with Gasteiger partial charge >= 0.3 is 0 Å². The summed E-state index contributed by atoms with van der Waals surface area (Å²) >= 11 is 0. The molecule has 1 aliphatic carbocycles. The average Bonchev–Trinajstić information content (AvgIpc) is 2.99. The summed E-state index contributed by atoms with van der Waals surface area (Å²) in [6, 6.07) is 7.99. The number of methoxy groups -OCH3 is 1. The normalized spacial score (nSPS) is 22.6. The molecule has 0 aliphatic heterocycles. The predicted octanol–water partition coefficient (Wildman–Crippen LogP) is 3.76. The number of carbonyl (C=O) groups excluding carboxylic acids is 1. The molecule has 0 spiro atoms. The van der Waals surface area contributed by atoms with Gasteiger partial charge < -0.3 is 14.1 Å². The lowest BCUT2D eigenvalue weighted by atomic mass is 9.64. The van der Waals surface area contributed by atoms with E-state index in [0.29, 0.717) is 6.54 Å². The molecule has 4 heteroatoms. The first-order valence-corrected chi connectivity index (χ1v) is 7.89. The third-order valence-corrected chi connectivity index (χ3v) is 4.87. The van der Waals surface area contributed by atoms with Gasteiger partial charge in [-0.25, -0.2) is 0 Å². The Morgan fingerprint density at radius 1 is 1.48 bits per heavy atom. The van der Waals surface area contributed by atoms with Gasteiger partial charge in [0.05, 0.1) is 25.0 Å². The van der Waals surface area contributed by atoms with E-state index in [1.165, 1.54) is 6.08 Å². The maximum Gasteiger partial charge on any atom is 0.246 e. The molecule has 0 N–H and O–H groups in total. The van der Waals surface area contributed by atoms with Crippen LogP contribution < -0.4 is 0 Å². The van der Waals surface area contributed by atoms with Crippen LogP contribution >= 0.6 is 0 Å². The van der Waals surface area contributed by atoms with Gasteiger partial charge in [-0.1, -0.05) is 38.6 Å². The van der Waals surface area contributed by atoms with E-state index in [4.69, 9.17) is 9.15 Å². The zero-order valence-electron chi connectivity index (χ0n) is 13.9.